The number of hydrogen-bond acceptors (Lipinski definition) is 5. The van der Waals surface area contributed by atoms with Crippen LogP contribution in [0.25, 0.3) is 0 Å². The van der Waals surface area contributed by atoms with Gasteiger partial charge in [0.15, 0.2) is 0 Å². The normalized spacial score (nSPS) is 13.2. The van der Waals surface area contributed by atoms with Gasteiger partial charge in [-0.15, -0.1) is 0 Å². The molecule has 1 unspecified atom stereocenters. The van der Waals surface area contributed by atoms with Crippen LogP contribution in [0.15, 0.2) is 35.5 Å². The predicted octanol–water partition coefficient (Wildman–Crippen LogP) is 0.625. The number of aromatic nitrogens is 3. The van der Waals surface area contributed by atoms with Gasteiger partial charge in [-0.25, -0.2) is 18.5 Å². The third-order valence-electron chi connectivity index (χ3n) is 2.41. The summed E-state index contributed by atoms with van der Waals surface area (Å²) in [6, 6.07) is 6.13. The van der Waals surface area contributed by atoms with Crippen LogP contribution >= 0.6 is 0 Å². The van der Waals surface area contributed by atoms with E-state index in [1.807, 2.05) is 6.92 Å². The third kappa shape index (κ3) is 2.84. The fourth-order valence-corrected chi connectivity index (χ4v) is 2.00. The second-order valence-corrected chi connectivity index (χ2v) is 5.37. The lowest BCUT2D eigenvalue weighted by Gasteiger charge is -2.12. The summed E-state index contributed by atoms with van der Waals surface area (Å²) in [5.74, 6) is 0.700. The van der Waals surface area contributed by atoms with Crippen molar-refractivity contribution in [3.8, 4) is 0 Å². The topological polar surface area (TPSA) is 114 Å². The molecule has 96 valence electrons. The number of hydrogen-bond donors (Lipinski definition) is 3. The Hall–Kier alpha value is -1.93. The zero-order chi connectivity index (χ0) is 13.2. The highest BCUT2D eigenvalue weighted by Crippen LogP contribution is 2.17. The Kier molecular flexibility index (Phi) is 3.30. The summed E-state index contributed by atoms with van der Waals surface area (Å²) in [6.07, 6.45) is 1.43. The number of rotatable bonds is 4. The van der Waals surface area contributed by atoms with E-state index in [9.17, 15) is 8.42 Å². The van der Waals surface area contributed by atoms with Crippen LogP contribution in [0.2, 0.25) is 0 Å². The van der Waals surface area contributed by atoms with Gasteiger partial charge in [-0.05, 0) is 31.2 Å². The highest BCUT2D eigenvalue weighted by atomic mass is 32.2. The molecule has 18 heavy (non-hydrogen) atoms. The standard InChI is InChI=1S/C10H13N5O2S/c1-7(10-12-6-13-15-10)14-8-2-4-9(5-3-8)18(11,16)17/h2-7,14H,1H3,(H2,11,16,17)(H,12,13,15). The molecule has 2 aromatic rings. The number of H-pyrrole nitrogens is 1. The summed E-state index contributed by atoms with van der Waals surface area (Å²) in [5.41, 5.74) is 0.770. The average molecular weight is 267 g/mol. The minimum atomic E-state index is -3.65. The first-order valence-electron chi connectivity index (χ1n) is 5.21. The Morgan fingerprint density at radius 2 is 2.00 bits per heavy atom. The SMILES string of the molecule is CC(Nc1ccc(S(N)(=O)=O)cc1)c1ncn[nH]1. The minimum Gasteiger partial charge on any atom is -0.375 e. The van der Waals surface area contributed by atoms with Crippen molar-refractivity contribution in [1.82, 2.24) is 15.2 Å². The Labute approximate surface area is 104 Å². The molecule has 4 N–H and O–H groups in total. The van der Waals surface area contributed by atoms with Crippen molar-refractivity contribution < 1.29 is 8.42 Å². The van der Waals surface area contributed by atoms with E-state index in [1.54, 1.807) is 12.1 Å². The number of benzene rings is 1. The van der Waals surface area contributed by atoms with Crippen LogP contribution < -0.4 is 10.5 Å². The van der Waals surface area contributed by atoms with Gasteiger partial charge in [-0.1, -0.05) is 0 Å². The summed E-state index contributed by atoms with van der Waals surface area (Å²) >= 11 is 0. The van der Waals surface area contributed by atoms with Crippen molar-refractivity contribution in [3.05, 3.63) is 36.4 Å². The average Bonchev–Trinajstić information content (AvgIpc) is 2.82. The van der Waals surface area contributed by atoms with Crippen molar-refractivity contribution in [2.45, 2.75) is 17.9 Å². The lowest BCUT2D eigenvalue weighted by Crippen LogP contribution is -2.12. The molecule has 0 aliphatic rings. The van der Waals surface area contributed by atoms with Gasteiger partial charge in [0.05, 0.1) is 10.9 Å². The van der Waals surface area contributed by atoms with Crippen LogP contribution in [0.4, 0.5) is 5.69 Å². The molecular formula is C10H13N5O2S. The van der Waals surface area contributed by atoms with E-state index in [0.717, 1.165) is 5.69 Å². The molecule has 8 heteroatoms. The molecule has 0 aliphatic heterocycles. The lowest BCUT2D eigenvalue weighted by molar-refractivity contribution is 0.598. The van der Waals surface area contributed by atoms with Crippen LogP contribution in [-0.2, 0) is 10.0 Å². The van der Waals surface area contributed by atoms with E-state index in [4.69, 9.17) is 5.14 Å². The van der Waals surface area contributed by atoms with Crippen molar-refractivity contribution >= 4 is 15.7 Å². The summed E-state index contributed by atoms with van der Waals surface area (Å²) < 4.78 is 22.2. The number of nitrogens with two attached hydrogens (primary N) is 1. The van der Waals surface area contributed by atoms with E-state index in [2.05, 4.69) is 20.5 Å². The summed E-state index contributed by atoms with van der Waals surface area (Å²) in [6.45, 7) is 1.91. The fraction of sp³-hybridized carbons (Fsp3) is 0.200. The van der Waals surface area contributed by atoms with E-state index < -0.39 is 10.0 Å². The largest absolute Gasteiger partial charge is 0.375 e. The molecule has 1 aromatic carbocycles. The van der Waals surface area contributed by atoms with Crippen LogP contribution in [-0.4, -0.2) is 23.6 Å². The van der Waals surface area contributed by atoms with E-state index in [-0.39, 0.29) is 10.9 Å². The number of primary sulfonamides is 1. The second-order valence-electron chi connectivity index (χ2n) is 3.81. The monoisotopic (exact) mass is 267 g/mol. The van der Waals surface area contributed by atoms with Crippen LogP contribution in [0, 0.1) is 0 Å². The number of sulfonamides is 1. The molecule has 0 spiro atoms. The number of nitrogens with zero attached hydrogens (tertiary/aromatic N) is 2. The molecule has 0 saturated carbocycles. The molecule has 1 atom stereocenters. The lowest BCUT2D eigenvalue weighted by atomic mass is 10.2. The van der Waals surface area contributed by atoms with E-state index in [1.165, 1.54) is 18.5 Å². The zero-order valence-electron chi connectivity index (χ0n) is 9.66. The fourth-order valence-electron chi connectivity index (χ4n) is 1.48. The molecule has 1 heterocycles. The summed E-state index contributed by atoms with van der Waals surface area (Å²) in [7, 11) is -3.65. The van der Waals surface area contributed by atoms with Crippen molar-refractivity contribution in [3.63, 3.8) is 0 Å². The molecule has 0 saturated heterocycles. The molecule has 0 aliphatic carbocycles. The smallest absolute Gasteiger partial charge is 0.238 e. The maximum atomic E-state index is 11.1. The van der Waals surface area contributed by atoms with Gasteiger partial charge in [0.2, 0.25) is 10.0 Å². The van der Waals surface area contributed by atoms with Crippen LogP contribution in [0.3, 0.4) is 0 Å². The molecule has 7 nitrogen and oxygen atoms in total. The van der Waals surface area contributed by atoms with Crippen molar-refractivity contribution in [1.29, 1.82) is 0 Å². The summed E-state index contributed by atoms with van der Waals surface area (Å²) in [5, 5.41) is 14.7. The second kappa shape index (κ2) is 4.75. The van der Waals surface area contributed by atoms with Gasteiger partial charge in [-0.3, -0.25) is 5.10 Å². The Morgan fingerprint density at radius 1 is 1.33 bits per heavy atom. The van der Waals surface area contributed by atoms with Gasteiger partial charge in [0, 0.05) is 5.69 Å². The van der Waals surface area contributed by atoms with Crippen LogP contribution in [0.5, 0.6) is 0 Å². The van der Waals surface area contributed by atoms with E-state index in [0.29, 0.717) is 5.82 Å². The first-order valence-corrected chi connectivity index (χ1v) is 6.76. The van der Waals surface area contributed by atoms with Gasteiger partial charge in [0.1, 0.15) is 12.2 Å². The zero-order valence-corrected chi connectivity index (χ0v) is 10.5. The Morgan fingerprint density at radius 3 is 2.50 bits per heavy atom. The van der Waals surface area contributed by atoms with Gasteiger partial charge in [-0.2, -0.15) is 5.10 Å². The van der Waals surface area contributed by atoms with Crippen molar-refractivity contribution in [2.24, 2.45) is 5.14 Å². The molecule has 0 fully saturated rings. The highest BCUT2D eigenvalue weighted by molar-refractivity contribution is 7.89. The van der Waals surface area contributed by atoms with E-state index >= 15 is 0 Å². The number of aromatic amines is 1. The highest BCUT2D eigenvalue weighted by Gasteiger charge is 2.10. The maximum absolute atomic E-state index is 11.1. The van der Waals surface area contributed by atoms with Gasteiger partial charge < -0.3 is 5.32 Å². The Bertz CT molecular complexity index is 606. The molecule has 1 aromatic heterocycles. The number of anilines is 1. The minimum absolute atomic E-state index is 0.0622. The first kappa shape index (κ1) is 12.5. The molecule has 2 rings (SSSR count). The predicted molar refractivity (Wildman–Crippen MR) is 66.2 cm³/mol. The molecule has 0 amide bonds. The van der Waals surface area contributed by atoms with Gasteiger partial charge in [0.25, 0.3) is 0 Å². The molecule has 0 bridgehead atoms. The van der Waals surface area contributed by atoms with Gasteiger partial charge >= 0.3 is 0 Å². The number of nitrogens with one attached hydrogen (secondary N) is 2. The van der Waals surface area contributed by atoms with Crippen LogP contribution in [0.1, 0.15) is 18.8 Å². The Balaban J connectivity index is 2.12. The maximum Gasteiger partial charge on any atom is 0.238 e. The third-order valence-corrected chi connectivity index (χ3v) is 3.34. The quantitative estimate of drug-likeness (QED) is 0.751. The van der Waals surface area contributed by atoms with Crippen molar-refractivity contribution in [2.75, 3.05) is 5.32 Å². The summed E-state index contributed by atoms with van der Waals surface area (Å²) in [4.78, 5) is 4.11. The molecule has 0 radical (unpaired) electrons. The molecular weight excluding hydrogens is 254 g/mol. The first-order chi connectivity index (χ1) is 8.47.